The van der Waals surface area contributed by atoms with Gasteiger partial charge in [-0.2, -0.15) is 0 Å². The molecule has 0 radical (unpaired) electrons. The van der Waals surface area contributed by atoms with Crippen LogP contribution in [0.5, 0.6) is 0 Å². The molecule has 8 heteroatoms. The fraction of sp³-hybridized carbons (Fsp3) is 0.200. The predicted molar refractivity (Wildman–Crippen MR) is 98.1 cm³/mol. The fourth-order valence-electron chi connectivity index (χ4n) is 2.67. The van der Waals surface area contributed by atoms with Crippen LogP contribution in [0, 0.1) is 5.82 Å². The topological polar surface area (TPSA) is 92.8 Å². The predicted octanol–water partition coefficient (Wildman–Crippen LogP) is 2.66. The van der Waals surface area contributed by atoms with E-state index in [9.17, 15) is 23.6 Å². The molecule has 3 amide bonds. The number of ether oxygens (including phenoxy) is 1. The minimum atomic E-state index is -1.08. The second kappa shape index (κ2) is 7.99. The van der Waals surface area contributed by atoms with Gasteiger partial charge in [-0.25, -0.2) is 9.18 Å². The molecule has 1 N–H and O–H groups in total. The minimum absolute atomic E-state index is 0.170. The molecule has 1 saturated heterocycles. The Bertz CT molecular complexity index is 909. The van der Waals surface area contributed by atoms with Gasteiger partial charge in [0, 0.05) is 18.5 Å². The van der Waals surface area contributed by atoms with Crippen LogP contribution in [0.4, 0.5) is 15.8 Å². The van der Waals surface area contributed by atoms with Gasteiger partial charge >= 0.3 is 5.97 Å². The van der Waals surface area contributed by atoms with E-state index < -0.39 is 23.8 Å². The molecule has 0 spiro atoms. The number of nitrogens with one attached hydrogen (secondary N) is 1. The second-order valence-electron chi connectivity index (χ2n) is 6.21. The van der Waals surface area contributed by atoms with Crippen molar-refractivity contribution in [2.75, 3.05) is 10.2 Å². The Morgan fingerprint density at radius 2 is 1.57 bits per heavy atom. The molecular weight excluding hydrogens is 367 g/mol. The second-order valence-corrected chi connectivity index (χ2v) is 6.21. The number of halogens is 1. The van der Waals surface area contributed by atoms with E-state index in [0.717, 1.165) is 4.90 Å². The van der Waals surface area contributed by atoms with Crippen LogP contribution in [-0.4, -0.2) is 29.8 Å². The van der Waals surface area contributed by atoms with Gasteiger partial charge in [-0.3, -0.25) is 19.3 Å². The van der Waals surface area contributed by atoms with Gasteiger partial charge in [-0.1, -0.05) is 0 Å². The average molecular weight is 384 g/mol. The van der Waals surface area contributed by atoms with E-state index in [2.05, 4.69) is 5.32 Å². The number of nitrogens with zero attached hydrogens (tertiary/aromatic N) is 1. The molecule has 144 valence electrons. The molecule has 28 heavy (non-hydrogen) atoms. The molecule has 1 heterocycles. The SMILES string of the molecule is C[C@@H](OC(=O)c1ccc(N2C(=O)CCC2=O)cc1)C(=O)Nc1ccc(F)cc1. The first kappa shape index (κ1) is 19.2. The summed E-state index contributed by atoms with van der Waals surface area (Å²) in [7, 11) is 0. The maximum Gasteiger partial charge on any atom is 0.338 e. The Morgan fingerprint density at radius 1 is 1.00 bits per heavy atom. The monoisotopic (exact) mass is 384 g/mol. The standard InChI is InChI=1S/C20H17FN2O5/c1-12(19(26)22-15-6-4-14(21)5-7-15)28-20(27)13-2-8-16(9-3-13)23-17(24)10-11-18(23)25/h2-9,12H,10-11H2,1H3,(H,22,26)/t12-/m1/s1. The van der Waals surface area contributed by atoms with Gasteiger partial charge in [-0.05, 0) is 55.5 Å². The quantitative estimate of drug-likeness (QED) is 0.632. The van der Waals surface area contributed by atoms with E-state index in [1.165, 1.54) is 55.5 Å². The Kier molecular flexibility index (Phi) is 5.49. The average Bonchev–Trinajstić information content (AvgIpc) is 3.02. The Morgan fingerprint density at radius 3 is 2.14 bits per heavy atom. The van der Waals surface area contributed by atoms with Gasteiger partial charge in [0.05, 0.1) is 11.3 Å². The fourth-order valence-corrected chi connectivity index (χ4v) is 2.67. The van der Waals surface area contributed by atoms with Crippen LogP contribution in [0.25, 0.3) is 0 Å². The zero-order chi connectivity index (χ0) is 20.3. The maximum atomic E-state index is 12.9. The van der Waals surface area contributed by atoms with Gasteiger partial charge in [0.15, 0.2) is 6.10 Å². The lowest BCUT2D eigenvalue weighted by atomic mass is 10.2. The van der Waals surface area contributed by atoms with E-state index in [-0.39, 0.29) is 30.2 Å². The summed E-state index contributed by atoms with van der Waals surface area (Å²) in [5, 5.41) is 2.52. The van der Waals surface area contributed by atoms with E-state index in [0.29, 0.717) is 11.4 Å². The van der Waals surface area contributed by atoms with Crippen molar-refractivity contribution >= 4 is 35.1 Å². The molecular formula is C20H17FN2O5. The van der Waals surface area contributed by atoms with Crippen molar-refractivity contribution in [3.8, 4) is 0 Å². The molecule has 2 aromatic carbocycles. The number of benzene rings is 2. The third kappa shape index (κ3) is 4.22. The van der Waals surface area contributed by atoms with Crippen LogP contribution in [0.3, 0.4) is 0 Å². The molecule has 0 aromatic heterocycles. The van der Waals surface area contributed by atoms with E-state index in [1.807, 2.05) is 0 Å². The van der Waals surface area contributed by atoms with Crippen LogP contribution in [0.15, 0.2) is 48.5 Å². The first-order chi connectivity index (χ1) is 13.3. The minimum Gasteiger partial charge on any atom is -0.449 e. The number of carbonyl (C=O) groups excluding carboxylic acids is 4. The molecule has 1 aliphatic heterocycles. The highest BCUT2D eigenvalue weighted by molar-refractivity contribution is 6.19. The van der Waals surface area contributed by atoms with Gasteiger partial charge in [0.25, 0.3) is 5.91 Å². The molecule has 0 bridgehead atoms. The first-order valence-corrected chi connectivity index (χ1v) is 8.58. The third-order valence-electron chi connectivity index (χ3n) is 4.18. The molecule has 0 unspecified atom stereocenters. The smallest absolute Gasteiger partial charge is 0.338 e. The van der Waals surface area contributed by atoms with Crippen LogP contribution >= 0.6 is 0 Å². The number of hydrogen-bond donors (Lipinski definition) is 1. The lowest BCUT2D eigenvalue weighted by Gasteiger charge is -2.15. The van der Waals surface area contributed by atoms with Crippen molar-refractivity contribution in [2.24, 2.45) is 0 Å². The molecule has 1 fully saturated rings. The summed E-state index contributed by atoms with van der Waals surface area (Å²) < 4.78 is 18.0. The van der Waals surface area contributed by atoms with Crippen molar-refractivity contribution in [1.29, 1.82) is 0 Å². The summed E-state index contributed by atoms with van der Waals surface area (Å²) in [5.74, 6) is -2.30. The Hall–Kier alpha value is -3.55. The molecule has 0 saturated carbocycles. The van der Waals surface area contributed by atoms with Gasteiger partial charge < -0.3 is 10.1 Å². The highest BCUT2D eigenvalue weighted by atomic mass is 19.1. The van der Waals surface area contributed by atoms with Gasteiger partial charge in [0.1, 0.15) is 5.82 Å². The summed E-state index contributed by atoms with van der Waals surface area (Å²) in [5.41, 5.74) is 0.925. The summed E-state index contributed by atoms with van der Waals surface area (Å²) in [6.45, 7) is 1.41. The number of hydrogen-bond acceptors (Lipinski definition) is 5. The number of amides is 3. The largest absolute Gasteiger partial charge is 0.449 e. The summed E-state index contributed by atoms with van der Waals surface area (Å²) in [4.78, 5) is 48.9. The summed E-state index contributed by atoms with van der Waals surface area (Å²) in [6.07, 6.45) is -0.744. The van der Waals surface area contributed by atoms with Crippen molar-refractivity contribution < 1.29 is 28.3 Å². The number of anilines is 2. The van der Waals surface area contributed by atoms with Gasteiger partial charge in [0.2, 0.25) is 11.8 Å². The van der Waals surface area contributed by atoms with Crippen LogP contribution in [0.2, 0.25) is 0 Å². The van der Waals surface area contributed by atoms with Crippen LogP contribution in [-0.2, 0) is 19.1 Å². The number of imide groups is 1. The van der Waals surface area contributed by atoms with E-state index in [1.54, 1.807) is 0 Å². The van der Waals surface area contributed by atoms with Gasteiger partial charge in [-0.15, -0.1) is 0 Å². The Balaban J connectivity index is 1.60. The summed E-state index contributed by atoms with van der Waals surface area (Å²) >= 11 is 0. The lowest BCUT2D eigenvalue weighted by Crippen LogP contribution is -2.30. The van der Waals surface area contributed by atoms with E-state index in [4.69, 9.17) is 4.74 Å². The van der Waals surface area contributed by atoms with Crippen molar-refractivity contribution in [3.05, 3.63) is 59.9 Å². The number of carbonyl (C=O) groups is 4. The maximum absolute atomic E-state index is 12.9. The lowest BCUT2D eigenvalue weighted by molar-refractivity contribution is -0.124. The molecule has 1 aliphatic rings. The molecule has 1 atom stereocenters. The van der Waals surface area contributed by atoms with Crippen LogP contribution in [0.1, 0.15) is 30.1 Å². The van der Waals surface area contributed by atoms with E-state index >= 15 is 0 Å². The zero-order valence-electron chi connectivity index (χ0n) is 15.0. The van der Waals surface area contributed by atoms with Crippen molar-refractivity contribution in [1.82, 2.24) is 0 Å². The first-order valence-electron chi connectivity index (χ1n) is 8.58. The molecule has 2 aromatic rings. The zero-order valence-corrected chi connectivity index (χ0v) is 15.0. The highest BCUT2D eigenvalue weighted by Crippen LogP contribution is 2.23. The number of rotatable bonds is 5. The Labute approximate surface area is 160 Å². The molecule has 7 nitrogen and oxygen atoms in total. The van der Waals surface area contributed by atoms with Crippen LogP contribution < -0.4 is 10.2 Å². The highest BCUT2D eigenvalue weighted by Gasteiger charge is 2.30. The van der Waals surface area contributed by atoms with Crippen molar-refractivity contribution in [3.63, 3.8) is 0 Å². The normalized spacial score (nSPS) is 14.7. The summed E-state index contributed by atoms with van der Waals surface area (Å²) in [6, 6.07) is 11.0. The molecule has 3 rings (SSSR count). The molecule has 0 aliphatic carbocycles. The van der Waals surface area contributed by atoms with Crippen molar-refractivity contribution in [2.45, 2.75) is 25.9 Å². The third-order valence-corrected chi connectivity index (χ3v) is 4.18. The number of esters is 1.